The summed E-state index contributed by atoms with van der Waals surface area (Å²) in [5.74, 6) is -0.456. The van der Waals surface area contributed by atoms with Crippen LogP contribution in [0.4, 0.5) is 10.1 Å². The van der Waals surface area contributed by atoms with Crippen LogP contribution in [0.15, 0.2) is 85.2 Å². The second kappa shape index (κ2) is 8.54. The van der Waals surface area contributed by atoms with Gasteiger partial charge < -0.3 is 14.8 Å². The molecule has 2 atom stereocenters. The fourth-order valence-corrected chi connectivity index (χ4v) is 4.69. The first kappa shape index (κ1) is 20.9. The SMILES string of the molecule is Fc1ccc(-n2cccc2C2C(c3ccccn3)NC(=S)N2c2ccc(Cl)cc2)cc1Cl. The third-order valence-corrected chi connectivity index (χ3v) is 6.32. The Bertz CT molecular complexity index is 1280. The van der Waals surface area contributed by atoms with Crippen LogP contribution in [0.2, 0.25) is 10.0 Å². The van der Waals surface area contributed by atoms with Crippen molar-refractivity contribution in [2.24, 2.45) is 0 Å². The van der Waals surface area contributed by atoms with E-state index in [0.29, 0.717) is 10.1 Å². The Balaban J connectivity index is 1.67. The summed E-state index contributed by atoms with van der Waals surface area (Å²) in [5, 5.41) is 4.73. The minimum atomic E-state index is -0.456. The topological polar surface area (TPSA) is 33.1 Å². The normalized spacial score (nSPS) is 18.1. The largest absolute Gasteiger partial charge is 0.351 e. The zero-order valence-electron chi connectivity index (χ0n) is 16.6. The zero-order valence-corrected chi connectivity index (χ0v) is 18.9. The fraction of sp³-hybridized carbons (Fsp3) is 0.0833. The molecule has 160 valence electrons. The number of halogens is 3. The van der Waals surface area contributed by atoms with Crippen LogP contribution < -0.4 is 10.2 Å². The molecule has 1 aliphatic rings. The first-order chi connectivity index (χ1) is 15.5. The Morgan fingerprint density at radius 2 is 1.72 bits per heavy atom. The number of nitrogens with one attached hydrogen (secondary N) is 1. The third-order valence-electron chi connectivity index (χ3n) is 5.47. The van der Waals surface area contributed by atoms with E-state index in [1.54, 1.807) is 18.3 Å². The summed E-state index contributed by atoms with van der Waals surface area (Å²) in [4.78, 5) is 6.63. The number of thiocarbonyl (C=S) groups is 1. The van der Waals surface area contributed by atoms with E-state index in [4.69, 9.17) is 35.4 Å². The van der Waals surface area contributed by atoms with Crippen molar-refractivity contribution in [1.82, 2.24) is 14.9 Å². The lowest BCUT2D eigenvalue weighted by Gasteiger charge is -2.29. The van der Waals surface area contributed by atoms with Crippen LogP contribution in [0.5, 0.6) is 0 Å². The third kappa shape index (κ3) is 3.75. The molecule has 5 rings (SSSR count). The highest BCUT2D eigenvalue weighted by Crippen LogP contribution is 2.42. The monoisotopic (exact) mass is 482 g/mol. The van der Waals surface area contributed by atoms with Crippen molar-refractivity contribution in [3.05, 3.63) is 112 Å². The van der Waals surface area contributed by atoms with Crippen LogP contribution in [0.25, 0.3) is 5.69 Å². The summed E-state index contributed by atoms with van der Waals surface area (Å²) < 4.78 is 15.8. The molecule has 1 aliphatic heterocycles. The molecule has 0 bridgehead atoms. The number of hydrogen-bond acceptors (Lipinski definition) is 2. The molecule has 4 aromatic rings. The van der Waals surface area contributed by atoms with E-state index in [1.807, 2.05) is 65.4 Å². The highest BCUT2D eigenvalue weighted by molar-refractivity contribution is 7.80. The van der Waals surface area contributed by atoms with Crippen molar-refractivity contribution in [2.45, 2.75) is 12.1 Å². The summed E-state index contributed by atoms with van der Waals surface area (Å²) in [7, 11) is 0. The van der Waals surface area contributed by atoms with Crippen LogP contribution >= 0.6 is 35.4 Å². The van der Waals surface area contributed by atoms with Crippen LogP contribution in [0.1, 0.15) is 23.5 Å². The molecular weight excluding hydrogens is 466 g/mol. The molecule has 0 aliphatic carbocycles. The molecule has 1 fully saturated rings. The molecule has 4 nitrogen and oxygen atoms in total. The van der Waals surface area contributed by atoms with E-state index in [2.05, 4.69) is 15.2 Å². The average Bonchev–Trinajstić information content (AvgIpc) is 3.41. The molecule has 3 heterocycles. The number of nitrogens with zero attached hydrogens (tertiary/aromatic N) is 3. The minimum absolute atomic E-state index is 0.0676. The molecule has 0 radical (unpaired) electrons. The smallest absolute Gasteiger partial charge is 0.174 e. The van der Waals surface area contributed by atoms with E-state index in [0.717, 1.165) is 22.8 Å². The Morgan fingerprint density at radius 1 is 0.938 bits per heavy atom. The Labute approximate surface area is 200 Å². The predicted molar refractivity (Wildman–Crippen MR) is 130 cm³/mol. The second-order valence-electron chi connectivity index (χ2n) is 7.37. The molecule has 2 aromatic carbocycles. The fourth-order valence-electron chi connectivity index (χ4n) is 4.04. The van der Waals surface area contributed by atoms with Crippen LogP contribution in [0.3, 0.4) is 0 Å². The predicted octanol–water partition coefficient (Wildman–Crippen LogP) is 6.50. The molecule has 0 spiro atoms. The van der Waals surface area contributed by atoms with Gasteiger partial charge in [0.1, 0.15) is 11.9 Å². The standard InChI is InChI=1S/C24H17Cl2FN4S/c25-15-6-8-16(9-7-15)31-23(22(29-24(31)32)20-4-1-2-12-28-20)21-5-3-13-30(21)17-10-11-19(27)18(26)14-17/h1-14,22-23H,(H,29,32). The van der Waals surface area contributed by atoms with Gasteiger partial charge in [-0.05, 0) is 78.9 Å². The van der Waals surface area contributed by atoms with Gasteiger partial charge in [-0.1, -0.05) is 29.3 Å². The molecule has 1 N–H and O–H groups in total. The maximum absolute atomic E-state index is 13.8. The Morgan fingerprint density at radius 3 is 2.44 bits per heavy atom. The van der Waals surface area contributed by atoms with Gasteiger partial charge in [0, 0.05) is 34.5 Å². The molecule has 2 aromatic heterocycles. The lowest BCUT2D eigenvalue weighted by molar-refractivity contribution is 0.549. The van der Waals surface area contributed by atoms with Crippen LogP contribution in [0, 0.1) is 5.82 Å². The van der Waals surface area contributed by atoms with Gasteiger partial charge in [0.15, 0.2) is 5.11 Å². The van der Waals surface area contributed by atoms with E-state index >= 15 is 0 Å². The number of rotatable bonds is 4. The highest BCUT2D eigenvalue weighted by atomic mass is 35.5. The number of anilines is 1. The van der Waals surface area contributed by atoms with E-state index in [1.165, 1.54) is 6.07 Å². The lowest BCUT2D eigenvalue weighted by Crippen LogP contribution is -2.30. The molecule has 8 heteroatoms. The van der Waals surface area contributed by atoms with E-state index < -0.39 is 5.82 Å². The summed E-state index contributed by atoms with van der Waals surface area (Å²) in [5.41, 5.74) is 3.47. The van der Waals surface area contributed by atoms with Gasteiger partial charge in [-0.3, -0.25) is 4.98 Å². The molecule has 2 unspecified atom stereocenters. The number of pyridine rings is 1. The summed E-state index contributed by atoms with van der Waals surface area (Å²) >= 11 is 18.0. The highest BCUT2D eigenvalue weighted by Gasteiger charge is 2.42. The Kier molecular flexibility index (Phi) is 5.59. The molecule has 32 heavy (non-hydrogen) atoms. The lowest BCUT2D eigenvalue weighted by atomic mass is 10.0. The van der Waals surface area contributed by atoms with Crippen molar-refractivity contribution < 1.29 is 4.39 Å². The van der Waals surface area contributed by atoms with Gasteiger partial charge >= 0.3 is 0 Å². The van der Waals surface area contributed by atoms with Crippen LogP contribution in [-0.2, 0) is 0 Å². The zero-order chi connectivity index (χ0) is 22.2. The maximum Gasteiger partial charge on any atom is 0.174 e. The average molecular weight is 483 g/mol. The molecular formula is C24H17Cl2FN4S. The number of hydrogen-bond donors (Lipinski definition) is 1. The second-order valence-corrected chi connectivity index (χ2v) is 8.60. The van der Waals surface area contributed by atoms with Gasteiger partial charge in [0.25, 0.3) is 0 Å². The van der Waals surface area contributed by atoms with Crippen molar-refractivity contribution in [1.29, 1.82) is 0 Å². The van der Waals surface area contributed by atoms with Gasteiger partial charge in [-0.15, -0.1) is 0 Å². The van der Waals surface area contributed by atoms with Crippen LogP contribution in [-0.4, -0.2) is 14.7 Å². The molecule has 0 amide bonds. The summed E-state index contributed by atoms with van der Waals surface area (Å²) in [6, 6.07) is 21.6. The van der Waals surface area contributed by atoms with Crippen molar-refractivity contribution in [3.8, 4) is 5.69 Å². The molecule has 0 saturated carbocycles. The number of aromatic nitrogens is 2. The van der Waals surface area contributed by atoms with Gasteiger partial charge in [0.05, 0.1) is 16.8 Å². The van der Waals surface area contributed by atoms with E-state index in [-0.39, 0.29) is 17.1 Å². The summed E-state index contributed by atoms with van der Waals surface area (Å²) in [6.45, 7) is 0. The summed E-state index contributed by atoms with van der Waals surface area (Å²) in [6.07, 6.45) is 3.69. The quantitative estimate of drug-likeness (QED) is 0.336. The van der Waals surface area contributed by atoms with Crippen molar-refractivity contribution in [3.63, 3.8) is 0 Å². The Hall–Kier alpha value is -2.93. The maximum atomic E-state index is 13.8. The number of benzene rings is 2. The van der Waals surface area contributed by atoms with Gasteiger partial charge in [-0.25, -0.2) is 4.39 Å². The van der Waals surface area contributed by atoms with Gasteiger partial charge in [0.2, 0.25) is 0 Å². The van der Waals surface area contributed by atoms with E-state index in [9.17, 15) is 4.39 Å². The first-order valence-electron chi connectivity index (χ1n) is 9.92. The first-order valence-corrected chi connectivity index (χ1v) is 11.1. The molecule has 1 saturated heterocycles. The van der Waals surface area contributed by atoms with Gasteiger partial charge in [-0.2, -0.15) is 0 Å². The van der Waals surface area contributed by atoms with Crippen molar-refractivity contribution in [2.75, 3.05) is 4.90 Å². The van der Waals surface area contributed by atoms with Crippen molar-refractivity contribution >= 4 is 46.2 Å². The minimum Gasteiger partial charge on any atom is -0.351 e.